The number of carboxylic acid groups (broad SMARTS) is 1. The molecule has 0 radical (unpaired) electrons. The fraction of sp³-hybridized carbons (Fsp3) is 0.938. The Balaban J connectivity index is 1.63. The van der Waals surface area contributed by atoms with Gasteiger partial charge in [0, 0.05) is 13.0 Å². The van der Waals surface area contributed by atoms with Gasteiger partial charge in [0.1, 0.15) is 0 Å². The van der Waals surface area contributed by atoms with E-state index in [2.05, 4.69) is 0 Å². The fourth-order valence-corrected chi connectivity index (χ4v) is 4.59. The molecule has 2 saturated carbocycles. The highest BCUT2D eigenvalue weighted by molar-refractivity contribution is 5.66. The number of hydrogen-bond donors (Lipinski definition) is 2. The third-order valence-corrected chi connectivity index (χ3v) is 5.42. The van der Waals surface area contributed by atoms with E-state index in [1.54, 1.807) is 0 Å². The standard InChI is InChI=1S/C16H28O3/c17-10-9-15-13-8-7-12(11-13)14(15)5-3-1-2-4-6-16(18)19/h12-15,17H,1-11H2,(H,18,19). The zero-order valence-corrected chi connectivity index (χ0v) is 11.9. The van der Waals surface area contributed by atoms with Crippen molar-refractivity contribution in [3.8, 4) is 0 Å². The first-order valence-electron chi connectivity index (χ1n) is 8.05. The van der Waals surface area contributed by atoms with Gasteiger partial charge in [0.15, 0.2) is 0 Å². The van der Waals surface area contributed by atoms with E-state index in [1.807, 2.05) is 0 Å². The van der Waals surface area contributed by atoms with Crippen LogP contribution in [0.5, 0.6) is 0 Å². The van der Waals surface area contributed by atoms with Crippen LogP contribution in [-0.4, -0.2) is 22.8 Å². The Morgan fingerprint density at radius 3 is 2.21 bits per heavy atom. The summed E-state index contributed by atoms with van der Waals surface area (Å²) >= 11 is 0. The maximum atomic E-state index is 10.4. The number of fused-ring (bicyclic) bond motifs is 2. The smallest absolute Gasteiger partial charge is 0.303 e. The number of unbranched alkanes of at least 4 members (excludes halogenated alkanes) is 3. The van der Waals surface area contributed by atoms with Crippen molar-refractivity contribution in [2.24, 2.45) is 23.7 Å². The molecule has 2 rings (SSSR count). The zero-order valence-electron chi connectivity index (χ0n) is 11.9. The van der Waals surface area contributed by atoms with Crippen LogP contribution >= 0.6 is 0 Å². The van der Waals surface area contributed by atoms with Crippen LogP contribution in [-0.2, 0) is 4.79 Å². The Morgan fingerprint density at radius 1 is 0.947 bits per heavy atom. The molecule has 19 heavy (non-hydrogen) atoms. The van der Waals surface area contributed by atoms with Crippen molar-refractivity contribution in [2.45, 2.75) is 64.2 Å². The molecule has 4 atom stereocenters. The highest BCUT2D eigenvalue weighted by Gasteiger charge is 2.46. The van der Waals surface area contributed by atoms with E-state index in [0.29, 0.717) is 13.0 Å². The zero-order chi connectivity index (χ0) is 13.7. The Hall–Kier alpha value is -0.570. The van der Waals surface area contributed by atoms with Gasteiger partial charge < -0.3 is 10.2 Å². The van der Waals surface area contributed by atoms with Gasteiger partial charge >= 0.3 is 5.97 Å². The Labute approximate surface area is 116 Å². The van der Waals surface area contributed by atoms with E-state index in [-0.39, 0.29) is 0 Å². The van der Waals surface area contributed by atoms with Gasteiger partial charge in [0.25, 0.3) is 0 Å². The van der Waals surface area contributed by atoms with Crippen LogP contribution in [0.2, 0.25) is 0 Å². The van der Waals surface area contributed by atoms with E-state index >= 15 is 0 Å². The van der Waals surface area contributed by atoms with Crippen LogP contribution in [0, 0.1) is 23.7 Å². The highest BCUT2D eigenvalue weighted by atomic mass is 16.4. The van der Waals surface area contributed by atoms with Crippen molar-refractivity contribution < 1.29 is 15.0 Å². The molecule has 0 aliphatic heterocycles. The highest BCUT2D eigenvalue weighted by Crippen LogP contribution is 2.55. The van der Waals surface area contributed by atoms with Crippen molar-refractivity contribution in [2.75, 3.05) is 6.61 Å². The number of aliphatic hydroxyl groups excluding tert-OH is 1. The lowest BCUT2D eigenvalue weighted by atomic mass is 9.75. The maximum absolute atomic E-state index is 10.4. The summed E-state index contributed by atoms with van der Waals surface area (Å²) in [6.45, 7) is 0.350. The molecule has 2 fully saturated rings. The molecule has 0 amide bonds. The van der Waals surface area contributed by atoms with Crippen LogP contribution in [0.25, 0.3) is 0 Å². The molecule has 0 heterocycles. The summed E-state index contributed by atoms with van der Waals surface area (Å²) in [7, 11) is 0. The van der Waals surface area contributed by atoms with Crippen molar-refractivity contribution in [3.05, 3.63) is 0 Å². The normalized spacial score (nSPS) is 32.9. The second-order valence-corrected chi connectivity index (χ2v) is 6.52. The summed E-state index contributed by atoms with van der Waals surface area (Å²) in [5, 5.41) is 17.8. The number of carbonyl (C=O) groups is 1. The molecule has 2 aliphatic carbocycles. The molecular weight excluding hydrogens is 240 g/mol. The summed E-state index contributed by atoms with van der Waals surface area (Å²) in [5.41, 5.74) is 0. The molecule has 4 unspecified atom stereocenters. The van der Waals surface area contributed by atoms with E-state index in [1.165, 1.54) is 38.5 Å². The van der Waals surface area contributed by atoms with E-state index in [4.69, 9.17) is 5.11 Å². The van der Waals surface area contributed by atoms with Gasteiger partial charge in [-0.1, -0.05) is 19.3 Å². The van der Waals surface area contributed by atoms with Gasteiger partial charge in [-0.05, 0) is 62.2 Å². The van der Waals surface area contributed by atoms with Gasteiger partial charge in [-0.2, -0.15) is 0 Å². The van der Waals surface area contributed by atoms with E-state index in [9.17, 15) is 9.90 Å². The second-order valence-electron chi connectivity index (χ2n) is 6.52. The van der Waals surface area contributed by atoms with Gasteiger partial charge in [0.2, 0.25) is 0 Å². The monoisotopic (exact) mass is 268 g/mol. The topological polar surface area (TPSA) is 57.5 Å². The third-order valence-electron chi connectivity index (χ3n) is 5.42. The summed E-state index contributed by atoms with van der Waals surface area (Å²) in [5.74, 6) is 2.79. The number of rotatable bonds is 9. The first kappa shape index (κ1) is 14.8. The summed E-state index contributed by atoms with van der Waals surface area (Å²) in [4.78, 5) is 10.4. The number of aliphatic carboxylic acids is 1. The molecule has 0 spiro atoms. The molecule has 3 nitrogen and oxygen atoms in total. The minimum absolute atomic E-state index is 0.321. The van der Waals surface area contributed by atoms with Crippen molar-refractivity contribution in [3.63, 3.8) is 0 Å². The van der Waals surface area contributed by atoms with Crippen LogP contribution in [0.3, 0.4) is 0 Å². The summed E-state index contributed by atoms with van der Waals surface area (Å²) < 4.78 is 0. The largest absolute Gasteiger partial charge is 0.481 e. The van der Waals surface area contributed by atoms with Crippen LogP contribution in [0.15, 0.2) is 0 Å². The molecule has 2 bridgehead atoms. The first-order valence-corrected chi connectivity index (χ1v) is 8.05. The minimum Gasteiger partial charge on any atom is -0.481 e. The number of hydrogen-bond acceptors (Lipinski definition) is 2. The van der Waals surface area contributed by atoms with Crippen molar-refractivity contribution in [1.29, 1.82) is 0 Å². The predicted molar refractivity (Wildman–Crippen MR) is 74.9 cm³/mol. The second kappa shape index (κ2) is 7.28. The van der Waals surface area contributed by atoms with Gasteiger partial charge in [-0.3, -0.25) is 4.79 Å². The minimum atomic E-state index is -0.670. The van der Waals surface area contributed by atoms with Crippen molar-refractivity contribution >= 4 is 5.97 Å². The molecular formula is C16H28O3. The Bertz CT molecular complexity index is 290. The Morgan fingerprint density at radius 2 is 1.58 bits per heavy atom. The molecule has 0 aromatic carbocycles. The van der Waals surface area contributed by atoms with Crippen molar-refractivity contribution in [1.82, 2.24) is 0 Å². The lowest BCUT2D eigenvalue weighted by Crippen LogP contribution is -2.23. The average molecular weight is 268 g/mol. The molecule has 2 N–H and O–H groups in total. The SMILES string of the molecule is O=C(O)CCCCCCC1C2CCC(C2)C1CCO. The van der Waals surface area contributed by atoms with E-state index < -0.39 is 5.97 Å². The Kier molecular flexibility index (Phi) is 5.68. The van der Waals surface area contributed by atoms with Crippen LogP contribution in [0.1, 0.15) is 64.2 Å². The van der Waals surface area contributed by atoms with Crippen LogP contribution in [0.4, 0.5) is 0 Å². The third kappa shape index (κ3) is 3.95. The van der Waals surface area contributed by atoms with Gasteiger partial charge in [-0.15, -0.1) is 0 Å². The molecule has 0 aromatic rings. The molecule has 0 aromatic heterocycles. The maximum Gasteiger partial charge on any atom is 0.303 e. The lowest BCUT2D eigenvalue weighted by molar-refractivity contribution is -0.137. The molecule has 0 saturated heterocycles. The quantitative estimate of drug-likeness (QED) is 0.630. The predicted octanol–water partition coefficient (Wildman–Crippen LogP) is 3.46. The molecule has 3 heteroatoms. The molecule has 110 valence electrons. The summed E-state index contributed by atoms with van der Waals surface area (Å²) in [6.07, 6.45) is 11.1. The molecule has 2 aliphatic rings. The van der Waals surface area contributed by atoms with Gasteiger partial charge in [-0.25, -0.2) is 0 Å². The van der Waals surface area contributed by atoms with Crippen LogP contribution < -0.4 is 0 Å². The van der Waals surface area contributed by atoms with Gasteiger partial charge in [0.05, 0.1) is 0 Å². The summed E-state index contributed by atoms with van der Waals surface area (Å²) in [6, 6.07) is 0. The lowest BCUT2D eigenvalue weighted by Gasteiger charge is -2.30. The number of carboxylic acids is 1. The fourth-order valence-electron chi connectivity index (χ4n) is 4.59. The van der Waals surface area contributed by atoms with E-state index in [0.717, 1.165) is 42.9 Å². The number of aliphatic hydroxyl groups is 1. The first-order chi connectivity index (χ1) is 9.22. The average Bonchev–Trinajstić information content (AvgIpc) is 2.95.